The monoisotopic (exact) mass is 300 g/mol. The van der Waals surface area contributed by atoms with Crippen molar-refractivity contribution in [2.24, 2.45) is 11.3 Å². The molecule has 0 saturated carbocycles. The molecule has 21 heavy (non-hydrogen) atoms. The molecule has 3 N–H and O–H groups in total. The molecule has 6 heteroatoms. The smallest absolute Gasteiger partial charge is 0.310 e. The highest BCUT2D eigenvalue weighted by Crippen LogP contribution is 2.31. The SMILES string of the molecule is CCC(C)NC(=O)CCNC(=O)CC(C)(C(=O)O)C(C)C. The van der Waals surface area contributed by atoms with Gasteiger partial charge in [0, 0.05) is 25.4 Å². The first-order valence-electron chi connectivity index (χ1n) is 7.42. The molecule has 0 saturated heterocycles. The summed E-state index contributed by atoms with van der Waals surface area (Å²) in [6.45, 7) is 9.23. The van der Waals surface area contributed by atoms with Gasteiger partial charge in [0.2, 0.25) is 11.8 Å². The first-order valence-corrected chi connectivity index (χ1v) is 7.42. The van der Waals surface area contributed by atoms with Gasteiger partial charge in [-0.2, -0.15) is 0 Å². The molecule has 0 bridgehead atoms. The predicted molar refractivity (Wildman–Crippen MR) is 80.7 cm³/mol. The van der Waals surface area contributed by atoms with Gasteiger partial charge in [-0.1, -0.05) is 20.8 Å². The average molecular weight is 300 g/mol. The second-order valence-electron chi connectivity index (χ2n) is 6.03. The summed E-state index contributed by atoms with van der Waals surface area (Å²) in [5, 5.41) is 14.7. The molecule has 0 fully saturated rings. The van der Waals surface area contributed by atoms with Crippen LogP contribution in [0.3, 0.4) is 0 Å². The molecule has 0 aliphatic rings. The van der Waals surface area contributed by atoms with Crippen LogP contribution in [0.5, 0.6) is 0 Å². The van der Waals surface area contributed by atoms with E-state index in [1.165, 1.54) is 0 Å². The van der Waals surface area contributed by atoms with Crippen LogP contribution in [0.25, 0.3) is 0 Å². The van der Waals surface area contributed by atoms with Gasteiger partial charge in [-0.3, -0.25) is 14.4 Å². The molecule has 0 aliphatic carbocycles. The molecule has 0 radical (unpaired) electrons. The van der Waals surface area contributed by atoms with Crippen molar-refractivity contribution in [2.45, 2.75) is 59.9 Å². The molecule has 0 aromatic rings. The third kappa shape index (κ3) is 6.60. The Morgan fingerprint density at radius 2 is 1.71 bits per heavy atom. The maximum Gasteiger partial charge on any atom is 0.310 e. The first kappa shape index (κ1) is 19.4. The molecule has 2 unspecified atom stereocenters. The van der Waals surface area contributed by atoms with E-state index in [-0.39, 0.29) is 43.2 Å². The highest BCUT2D eigenvalue weighted by molar-refractivity contribution is 5.85. The number of rotatable bonds is 9. The van der Waals surface area contributed by atoms with Crippen LogP contribution in [0.15, 0.2) is 0 Å². The lowest BCUT2D eigenvalue weighted by atomic mass is 9.76. The zero-order valence-electron chi connectivity index (χ0n) is 13.7. The lowest BCUT2D eigenvalue weighted by Gasteiger charge is -2.28. The third-order valence-electron chi connectivity index (χ3n) is 3.98. The minimum Gasteiger partial charge on any atom is -0.481 e. The highest BCUT2D eigenvalue weighted by atomic mass is 16.4. The molecule has 0 aromatic carbocycles. The average Bonchev–Trinajstić information content (AvgIpc) is 2.37. The second kappa shape index (κ2) is 8.64. The Hall–Kier alpha value is -1.59. The number of nitrogens with one attached hydrogen (secondary N) is 2. The van der Waals surface area contributed by atoms with Crippen molar-refractivity contribution in [1.82, 2.24) is 10.6 Å². The number of carbonyl (C=O) groups excluding carboxylic acids is 2. The van der Waals surface area contributed by atoms with Crippen LogP contribution in [0.4, 0.5) is 0 Å². The molecule has 0 aliphatic heterocycles. The number of carboxylic acid groups (broad SMARTS) is 1. The minimum atomic E-state index is -1.09. The Morgan fingerprint density at radius 3 is 2.14 bits per heavy atom. The Balaban J connectivity index is 4.22. The summed E-state index contributed by atoms with van der Waals surface area (Å²) >= 11 is 0. The summed E-state index contributed by atoms with van der Waals surface area (Å²) in [5.41, 5.74) is -1.09. The van der Waals surface area contributed by atoms with E-state index in [1.807, 2.05) is 13.8 Å². The van der Waals surface area contributed by atoms with Crippen LogP contribution in [0, 0.1) is 11.3 Å². The zero-order chi connectivity index (χ0) is 16.6. The van der Waals surface area contributed by atoms with E-state index in [9.17, 15) is 19.5 Å². The topological polar surface area (TPSA) is 95.5 Å². The van der Waals surface area contributed by atoms with Crippen LogP contribution in [0.1, 0.15) is 53.9 Å². The van der Waals surface area contributed by atoms with E-state index in [4.69, 9.17) is 0 Å². The molecular formula is C15H28N2O4. The minimum absolute atomic E-state index is 0.0903. The summed E-state index contributed by atoms with van der Waals surface area (Å²) in [4.78, 5) is 34.7. The van der Waals surface area contributed by atoms with Crippen molar-refractivity contribution in [1.29, 1.82) is 0 Å². The van der Waals surface area contributed by atoms with Crippen molar-refractivity contribution in [3.8, 4) is 0 Å². The summed E-state index contributed by atoms with van der Waals surface area (Å²) in [6.07, 6.45) is 0.956. The fourth-order valence-corrected chi connectivity index (χ4v) is 1.69. The van der Waals surface area contributed by atoms with Gasteiger partial charge in [0.25, 0.3) is 0 Å². The summed E-state index contributed by atoms with van der Waals surface area (Å²) in [6, 6.07) is 0.115. The van der Waals surface area contributed by atoms with Crippen molar-refractivity contribution in [3.63, 3.8) is 0 Å². The van der Waals surface area contributed by atoms with Gasteiger partial charge in [0.05, 0.1) is 5.41 Å². The lowest BCUT2D eigenvalue weighted by molar-refractivity contribution is -0.153. The summed E-state index contributed by atoms with van der Waals surface area (Å²) in [5.74, 6) is -1.60. The van der Waals surface area contributed by atoms with E-state index in [1.54, 1.807) is 20.8 Å². The van der Waals surface area contributed by atoms with E-state index >= 15 is 0 Å². The number of carboxylic acids is 1. The fraction of sp³-hybridized carbons (Fsp3) is 0.800. The number of amides is 2. The quantitative estimate of drug-likeness (QED) is 0.602. The molecule has 0 rings (SSSR count). The van der Waals surface area contributed by atoms with Gasteiger partial charge in [0.1, 0.15) is 0 Å². The molecular weight excluding hydrogens is 272 g/mol. The molecule has 0 aromatic heterocycles. The van der Waals surface area contributed by atoms with Crippen LogP contribution >= 0.6 is 0 Å². The van der Waals surface area contributed by atoms with Gasteiger partial charge >= 0.3 is 5.97 Å². The molecule has 2 amide bonds. The van der Waals surface area contributed by atoms with E-state index in [0.717, 1.165) is 6.42 Å². The molecule has 122 valence electrons. The van der Waals surface area contributed by atoms with Crippen LogP contribution in [0.2, 0.25) is 0 Å². The first-order chi connectivity index (χ1) is 9.63. The Kier molecular flexibility index (Phi) is 7.99. The van der Waals surface area contributed by atoms with Crippen LogP contribution in [-0.2, 0) is 14.4 Å². The largest absolute Gasteiger partial charge is 0.481 e. The summed E-state index contributed by atoms with van der Waals surface area (Å²) < 4.78 is 0. The Bertz CT molecular complexity index is 382. The van der Waals surface area contributed by atoms with Crippen LogP contribution in [-0.4, -0.2) is 35.5 Å². The van der Waals surface area contributed by atoms with E-state index in [2.05, 4.69) is 10.6 Å². The van der Waals surface area contributed by atoms with Crippen LogP contribution < -0.4 is 10.6 Å². The van der Waals surface area contributed by atoms with E-state index in [0.29, 0.717) is 0 Å². The van der Waals surface area contributed by atoms with Gasteiger partial charge in [-0.15, -0.1) is 0 Å². The number of carbonyl (C=O) groups is 3. The normalized spacial score (nSPS) is 15.1. The van der Waals surface area contributed by atoms with Crippen molar-refractivity contribution >= 4 is 17.8 Å². The molecule has 2 atom stereocenters. The lowest BCUT2D eigenvalue weighted by Crippen LogP contribution is -2.40. The number of aliphatic carboxylic acids is 1. The van der Waals surface area contributed by atoms with Gasteiger partial charge in [0.15, 0.2) is 0 Å². The third-order valence-corrected chi connectivity index (χ3v) is 3.98. The summed E-state index contributed by atoms with van der Waals surface area (Å²) in [7, 11) is 0. The fourth-order valence-electron chi connectivity index (χ4n) is 1.69. The van der Waals surface area contributed by atoms with Gasteiger partial charge in [-0.05, 0) is 26.2 Å². The van der Waals surface area contributed by atoms with Crippen molar-refractivity contribution < 1.29 is 19.5 Å². The maximum atomic E-state index is 11.8. The zero-order valence-corrected chi connectivity index (χ0v) is 13.7. The Morgan fingerprint density at radius 1 is 1.14 bits per heavy atom. The molecule has 6 nitrogen and oxygen atoms in total. The molecule has 0 heterocycles. The van der Waals surface area contributed by atoms with Gasteiger partial charge < -0.3 is 15.7 Å². The standard InChI is InChI=1S/C15H28N2O4/c1-6-11(4)17-12(18)7-8-16-13(19)9-15(5,10(2)3)14(20)21/h10-11H,6-9H2,1-5H3,(H,16,19)(H,17,18)(H,20,21). The van der Waals surface area contributed by atoms with Gasteiger partial charge in [-0.25, -0.2) is 0 Å². The Labute approximate surface area is 126 Å². The molecule has 0 spiro atoms. The van der Waals surface area contributed by atoms with Crippen molar-refractivity contribution in [2.75, 3.05) is 6.54 Å². The predicted octanol–water partition coefficient (Wildman–Crippen LogP) is 1.54. The van der Waals surface area contributed by atoms with Crippen molar-refractivity contribution in [3.05, 3.63) is 0 Å². The maximum absolute atomic E-state index is 11.8. The second-order valence-corrected chi connectivity index (χ2v) is 6.03. The number of hydrogen-bond donors (Lipinski definition) is 3. The van der Waals surface area contributed by atoms with E-state index < -0.39 is 11.4 Å². The highest BCUT2D eigenvalue weighted by Gasteiger charge is 2.38. The number of hydrogen-bond acceptors (Lipinski definition) is 3.